The molecule has 18 heavy (non-hydrogen) atoms. The third-order valence-electron chi connectivity index (χ3n) is 1.98. The molecular formula is C11H15FN2O3S. The summed E-state index contributed by atoms with van der Waals surface area (Å²) in [6.07, 6.45) is 0. The van der Waals surface area contributed by atoms with Gasteiger partial charge in [-0.25, -0.2) is 4.39 Å². The van der Waals surface area contributed by atoms with E-state index in [1.807, 2.05) is 0 Å². The molecule has 0 heterocycles. The quantitative estimate of drug-likeness (QED) is 0.755. The zero-order valence-corrected chi connectivity index (χ0v) is 10.9. The molecule has 0 unspecified atom stereocenters. The van der Waals surface area contributed by atoms with Gasteiger partial charge in [-0.05, 0) is 38.1 Å². The SMILES string of the molecule is CC(C)NS(=O)(=O)NCC(=O)c1ccc(F)cc1. The molecule has 1 aromatic rings. The van der Waals surface area contributed by atoms with Gasteiger partial charge in [0.05, 0.1) is 6.54 Å². The lowest BCUT2D eigenvalue weighted by molar-refractivity contribution is 0.0997. The van der Waals surface area contributed by atoms with Gasteiger partial charge in [0.1, 0.15) is 5.82 Å². The summed E-state index contributed by atoms with van der Waals surface area (Å²) in [5.41, 5.74) is 0.253. The Bertz CT molecular complexity index is 512. The standard InChI is InChI=1S/C11H15FN2O3S/c1-8(2)14-18(16,17)13-7-11(15)9-3-5-10(12)6-4-9/h3-6,8,13-14H,7H2,1-2H3. The van der Waals surface area contributed by atoms with E-state index in [4.69, 9.17) is 0 Å². The van der Waals surface area contributed by atoms with E-state index in [2.05, 4.69) is 9.44 Å². The highest BCUT2D eigenvalue weighted by Gasteiger charge is 2.14. The first kappa shape index (κ1) is 14.7. The van der Waals surface area contributed by atoms with E-state index >= 15 is 0 Å². The van der Waals surface area contributed by atoms with Crippen LogP contribution in [0.15, 0.2) is 24.3 Å². The van der Waals surface area contributed by atoms with Crippen LogP contribution in [0.1, 0.15) is 24.2 Å². The second-order valence-corrected chi connectivity index (χ2v) is 5.56. The summed E-state index contributed by atoms with van der Waals surface area (Å²) in [7, 11) is -3.69. The molecule has 100 valence electrons. The summed E-state index contributed by atoms with van der Waals surface area (Å²) in [4.78, 5) is 11.6. The monoisotopic (exact) mass is 274 g/mol. The van der Waals surface area contributed by atoms with Crippen LogP contribution in [-0.2, 0) is 10.2 Å². The second kappa shape index (κ2) is 6.03. The molecule has 0 aliphatic heterocycles. The number of halogens is 1. The van der Waals surface area contributed by atoms with E-state index in [-0.39, 0.29) is 18.2 Å². The van der Waals surface area contributed by atoms with Gasteiger partial charge in [-0.2, -0.15) is 17.9 Å². The molecule has 0 spiro atoms. The number of hydrogen-bond acceptors (Lipinski definition) is 3. The topological polar surface area (TPSA) is 75.3 Å². The van der Waals surface area contributed by atoms with E-state index in [9.17, 15) is 17.6 Å². The van der Waals surface area contributed by atoms with Crippen molar-refractivity contribution in [1.29, 1.82) is 0 Å². The van der Waals surface area contributed by atoms with Crippen molar-refractivity contribution in [2.75, 3.05) is 6.54 Å². The van der Waals surface area contributed by atoms with Gasteiger partial charge in [-0.3, -0.25) is 4.79 Å². The molecule has 0 aliphatic carbocycles. The molecule has 0 fully saturated rings. The van der Waals surface area contributed by atoms with Crippen molar-refractivity contribution in [2.45, 2.75) is 19.9 Å². The van der Waals surface area contributed by atoms with Crippen LogP contribution in [0.2, 0.25) is 0 Å². The summed E-state index contributed by atoms with van der Waals surface area (Å²) in [5.74, 6) is -0.877. The fraction of sp³-hybridized carbons (Fsp3) is 0.364. The van der Waals surface area contributed by atoms with Crippen molar-refractivity contribution in [1.82, 2.24) is 9.44 Å². The molecule has 1 rings (SSSR count). The van der Waals surface area contributed by atoms with Crippen LogP contribution in [0.25, 0.3) is 0 Å². The number of carbonyl (C=O) groups is 1. The lowest BCUT2D eigenvalue weighted by Crippen LogP contribution is -2.42. The Balaban J connectivity index is 2.59. The molecule has 0 amide bonds. The van der Waals surface area contributed by atoms with E-state index in [0.717, 1.165) is 12.1 Å². The molecule has 0 aromatic heterocycles. The smallest absolute Gasteiger partial charge is 0.277 e. The molecule has 0 atom stereocenters. The Morgan fingerprint density at radius 3 is 2.33 bits per heavy atom. The highest BCUT2D eigenvalue weighted by molar-refractivity contribution is 7.87. The summed E-state index contributed by atoms with van der Waals surface area (Å²) < 4.78 is 39.8. The molecule has 0 radical (unpaired) electrons. The Labute approximate surface area is 106 Å². The molecule has 7 heteroatoms. The Kier molecular flexibility index (Phi) is 4.94. The lowest BCUT2D eigenvalue weighted by atomic mass is 10.1. The predicted molar refractivity (Wildman–Crippen MR) is 65.9 cm³/mol. The number of nitrogens with one attached hydrogen (secondary N) is 2. The number of ketones is 1. The van der Waals surface area contributed by atoms with Crippen molar-refractivity contribution in [2.24, 2.45) is 0 Å². The average molecular weight is 274 g/mol. The first-order chi connectivity index (χ1) is 8.30. The largest absolute Gasteiger partial charge is 0.293 e. The number of rotatable bonds is 6. The normalized spacial score (nSPS) is 11.8. The van der Waals surface area contributed by atoms with Crippen molar-refractivity contribution >= 4 is 16.0 Å². The van der Waals surface area contributed by atoms with Gasteiger partial charge in [-0.15, -0.1) is 0 Å². The van der Waals surface area contributed by atoms with Gasteiger partial charge in [0.15, 0.2) is 5.78 Å². The number of benzene rings is 1. The van der Waals surface area contributed by atoms with Gasteiger partial charge in [0, 0.05) is 11.6 Å². The maximum Gasteiger partial charge on any atom is 0.277 e. The fourth-order valence-corrected chi connectivity index (χ4v) is 2.28. The van der Waals surface area contributed by atoms with Crippen LogP contribution in [0.4, 0.5) is 4.39 Å². The zero-order chi connectivity index (χ0) is 13.8. The zero-order valence-electron chi connectivity index (χ0n) is 10.1. The molecule has 2 N–H and O–H groups in total. The minimum atomic E-state index is -3.69. The molecular weight excluding hydrogens is 259 g/mol. The fourth-order valence-electron chi connectivity index (χ4n) is 1.25. The first-order valence-corrected chi connectivity index (χ1v) is 6.84. The summed E-state index contributed by atoms with van der Waals surface area (Å²) in [6, 6.07) is 4.65. The van der Waals surface area contributed by atoms with Gasteiger partial charge >= 0.3 is 0 Å². The molecule has 1 aromatic carbocycles. The highest BCUT2D eigenvalue weighted by Crippen LogP contribution is 2.03. The van der Waals surface area contributed by atoms with Gasteiger partial charge in [-0.1, -0.05) is 0 Å². The maximum absolute atomic E-state index is 12.6. The Morgan fingerprint density at radius 1 is 1.28 bits per heavy atom. The summed E-state index contributed by atoms with van der Waals surface area (Å²) in [6.45, 7) is 2.97. The number of carbonyl (C=O) groups excluding carboxylic acids is 1. The van der Waals surface area contributed by atoms with Crippen LogP contribution < -0.4 is 9.44 Å². The maximum atomic E-state index is 12.6. The van der Waals surface area contributed by atoms with Crippen molar-refractivity contribution in [3.8, 4) is 0 Å². The van der Waals surface area contributed by atoms with E-state index < -0.39 is 21.8 Å². The lowest BCUT2D eigenvalue weighted by Gasteiger charge is -2.10. The molecule has 0 saturated carbocycles. The van der Waals surface area contributed by atoms with Crippen molar-refractivity contribution < 1.29 is 17.6 Å². The van der Waals surface area contributed by atoms with Crippen LogP contribution >= 0.6 is 0 Å². The number of Topliss-reactive ketones (excluding diaryl/α,β-unsaturated/α-hetero) is 1. The highest BCUT2D eigenvalue weighted by atomic mass is 32.2. The summed E-state index contributed by atoms with van der Waals surface area (Å²) in [5, 5.41) is 0. The van der Waals surface area contributed by atoms with E-state index in [1.165, 1.54) is 12.1 Å². The van der Waals surface area contributed by atoms with Crippen LogP contribution in [0.5, 0.6) is 0 Å². The number of hydrogen-bond donors (Lipinski definition) is 2. The molecule has 0 saturated heterocycles. The van der Waals surface area contributed by atoms with Crippen molar-refractivity contribution in [3.05, 3.63) is 35.6 Å². The van der Waals surface area contributed by atoms with Crippen LogP contribution in [0.3, 0.4) is 0 Å². The van der Waals surface area contributed by atoms with E-state index in [1.54, 1.807) is 13.8 Å². The van der Waals surface area contributed by atoms with Crippen molar-refractivity contribution in [3.63, 3.8) is 0 Å². The third-order valence-corrected chi connectivity index (χ3v) is 3.29. The minimum absolute atomic E-state index is 0.253. The minimum Gasteiger partial charge on any atom is -0.293 e. The summed E-state index contributed by atoms with van der Waals surface area (Å²) >= 11 is 0. The van der Waals surface area contributed by atoms with E-state index in [0.29, 0.717) is 0 Å². The van der Waals surface area contributed by atoms with Gasteiger partial charge in [0.2, 0.25) is 0 Å². The third kappa shape index (κ3) is 4.91. The molecule has 0 aliphatic rings. The Morgan fingerprint density at radius 2 is 1.83 bits per heavy atom. The molecule has 5 nitrogen and oxygen atoms in total. The van der Waals surface area contributed by atoms with Crippen LogP contribution in [0, 0.1) is 5.82 Å². The van der Waals surface area contributed by atoms with Gasteiger partial charge in [0.25, 0.3) is 10.2 Å². The second-order valence-electron chi connectivity index (χ2n) is 4.03. The van der Waals surface area contributed by atoms with Gasteiger partial charge < -0.3 is 0 Å². The Hall–Kier alpha value is -1.31. The molecule has 0 bridgehead atoms. The first-order valence-electron chi connectivity index (χ1n) is 5.36. The van der Waals surface area contributed by atoms with Crippen LogP contribution in [-0.4, -0.2) is 26.8 Å². The average Bonchev–Trinajstić information content (AvgIpc) is 2.25. The predicted octanol–water partition coefficient (Wildman–Crippen LogP) is 0.841.